The lowest BCUT2D eigenvalue weighted by atomic mass is 10.0. The highest BCUT2D eigenvalue weighted by atomic mass is 79.9. The van der Waals surface area contributed by atoms with Crippen molar-refractivity contribution in [2.24, 2.45) is 5.92 Å². The third kappa shape index (κ3) is 4.41. The maximum atomic E-state index is 12.1. The maximum absolute atomic E-state index is 12.1. The van der Waals surface area contributed by atoms with Crippen LogP contribution in [0.25, 0.3) is 0 Å². The summed E-state index contributed by atoms with van der Waals surface area (Å²) in [6.45, 7) is 4.03. The lowest BCUT2D eigenvalue weighted by Gasteiger charge is -2.21. The second kappa shape index (κ2) is 6.52. The number of sulfonamides is 1. The second-order valence-electron chi connectivity index (χ2n) is 4.26. The molecule has 0 aliphatic carbocycles. The van der Waals surface area contributed by atoms with E-state index in [1.165, 1.54) is 0 Å². The quantitative estimate of drug-likeness (QED) is 0.819. The van der Waals surface area contributed by atoms with Gasteiger partial charge in [-0.3, -0.25) is 0 Å². The van der Waals surface area contributed by atoms with E-state index in [2.05, 4.69) is 20.7 Å². The molecule has 0 heterocycles. The molecular formula is C12H18BrNO2S. The summed E-state index contributed by atoms with van der Waals surface area (Å²) in [5, 5.41) is 0.785. The normalized spacial score (nSPS) is 13.9. The largest absolute Gasteiger partial charge is 0.240 e. The summed E-state index contributed by atoms with van der Waals surface area (Å²) in [6.07, 6.45) is 0.781. The zero-order chi connectivity index (χ0) is 12.9. The molecule has 1 unspecified atom stereocenters. The average Bonchev–Trinajstić information content (AvgIpc) is 2.29. The van der Waals surface area contributed by atoms with Gasteiger partial charge in [0.25, 0.3) is 0 Å². The van der Waals surface area contributed by atoms with Crippen LogP contribution in [0, 0.1) is 5.92 Å². The third-order valence-corrected chi connectivity index (χ3v) is 4.55. The summed E-state index contributed by atoms with van der Waals surface area (Å²) in [6, 6.07) is 8.42. The monoisotopic (exact) mass is 319 g/mol. The third-order valence-electron chi connectivity index (χ3n) is 2.58. The number of rotatable bonds is 6. The maximum Gasteiger partial charge on any atom is 0.240 e. The molecule has 1 aromatic rings. The molecule has 0 bridgehead atoms. The highest BCUT2D eigenvalue weighted by Gasteiger charge is 2.21. The summed E-state index contributed by atoms with van der Waals surface area (Å²) in [5.41, 5.74) is 0. The van der Waals surface area contributed by atoms with Crippen LogP contribution >= 0.6 is 15.9 Å². The lowest BCUT2D eigenvalue weighted by Crippen LogP contribution is -2.38. The van der Waals surface area contributed by atoms with Gasteiger partial charge >= 0.3 is 0 Å². The minimum absolute atomic E-state index is 0.0421. The van der Waals surface area contributed by atoms with Crippen LogP contribution in [0.5, 0.6) is 0 Å². The number of nitrogens with one attached hydrogen (secondary N) is 1. The number of hydrogen-bond acceptors (Lipinski definition) is 2. The standard InChI is InChI=1S/C12H18BrNO2S/c1-10(2)12(8-9-13)14-17(15,16)11-6-4-3-5-7-11/h3-7,10,12,14H,8-9H2,1-2H3. The molecule has 0 aliphatic heterocycles. The molecule has 17 heavy (non-hydrogen) atoms. The van der Waals surface area contributed by atoms with E-state index in [0.717, 1.165) is 11.8 Å². The number of halogens is 1. The van der Waals surface area contributed by atoms with Gasteiger partial charge in [-0.25, -0.2) is 13.1 Å². The predicted octanol–water partition coefficient (Wildman–Crippen LogP) is 2.77. The van der Waals surface area contributed by atoms with Crippen molar-refractivity contribution < 1.29 is 8.42 Å². The molecule has 0 aromatic heterocycles. The Hall–Kier alpha value is -0.390. The van der Waals surface area contributed by atoms with Gasteiger partial charge in [0.1, 0.15) is 0 Å². The van der Waals surface area contributed by atoms with Crippen molar-refractivity contribution in [1.82, 2.24) is 4.72 Å². The van der Waals surface area contributed by atoms with Gasteiger partial charge in [0.15, 0.2) is 0 Å². The SMILES string of the molecule is CC(C)C(CCBr)NS(=O)(=O)c1ccccc1. The predicted molar refractivity (Wildman–Crippen MR) is 73.8 cm³/mol. The van der Waals surface area contributed by atoms with Gasteiger partial charge in [-0.05, 0) is 24.5 Å². The first-order valence-corrected chi connectivity index (χ1v) is 8.21. The van der Waals surface area contributed by atoms with Crippen molar-refractivity contribution >= 4 is 26.0 Å². The van der Waals surface area contributed by atoms with E-state index in [0.29, 0.717) is 4.90 Å². The molecule has 1 rings (SSSR count). The molecule has 1 aromatic carbocycles. The molecule has 1 N–H and O–H groups in total. The second-order valence-corrected chi connectivity index (χ2v) is 6.77. The van der Waals surface area contributed by atoms with Gasteiger partial charge in [0.2, 0.25) is 10.0 Å². The summed E-state index contributed by atoms with van der Waals surface area (Å²) in [5.74, 6) is 0.269. The van der Waals surface area contributed by atoms with Crippen molar-refractivity contribution in [3.8, 4) is 0 Å². The molecule has 5 heteroatoms. The fraction of sp³-hybridized carbons (Fsp3) is 0.500. The lowest BCUT2D eigenvalue weighted by molar-refractivity contribution is 0.440. The highest BCUT2D eigenvalue weighted by Crippen LogP contribution is 2.13. The van der Waals surface area contributed by atoms with E-state index in [1.54, 1.807) is 30.3 Å². The van der Waals surface area contributed by atoms with Crippen LogP contribution in [-0.2, 0) is 10.0 Å². The van der Waals surface area contributed by atoms with Crippen molar-refractivity contribution in [1.29, 1.82) is 0 Å². The Kier molecular flexibility index (Phi) is 5.62. The highest BCUT2D eigenvalue weighted by molar-refractivity contribution is 9.09. The molecule has 1 atom stereocenters. The first-order chi connectivity index (χ1) is 7.97. The van der Waals surface area contributed by atoms with Gasteiger partial charge < -0.3 is 0 Å². The molecule has 96 valence electrons. The molecular weight excluding hydrogens is 302 g/mol. The van der Waals surface area contributed by atoms with Crippen LogP contribution < -0.4 is 4.72 Å². The molecule has 0 saturated carbocycles. The minimum atomic E-state index is -3.40. The minimum Gasteiger partial charge on any atom is -0.208 e. The van der Waals surface area contributed by atoms with Crippen molar-refractivity contribution in [2.75, 3.05) is 5.33 Å². The Bertz CT molecular complexity index is 431. The average molecular weight is 320 g/mol. The van der Waals surface area contributed by atoms with Crippen molar-refractivity contribution in [3.63, 3.8) is 0 Å². The molecule has 0 aliphatic rings. The van der Waals surface area contributed by atoms with E-state index in [4.69, 9.17) is 0 Å². The Balaban J connectivity index is 2.85. The van der Waals surface area contributed by atoms with Crippen LogP contribution in [0.2, 0.25) is 0 Å². The van der Waals surface area contributed by atoms with Gasteiger partial charge in [-0.1, -0.05) is 48.0 Å². The van der Waals surface area contributed by atoms with Crippen molar-refractivity contribution in [3.05, 3.63) is 30.3 Å². The van der Waals surface area contributed by atoms with Crippen molar-refractivity contribution in [2.45, 2.75) is 31.2 Å². The Labute approximate surface area is 112 Å². The van der Waals surface area contributed by atoms with E-state index in [-0.39, 0.29) is 12.0 Å². The smallest absolute Gasteiger partial charge is 0.208 e. The van der Waals surface area contributed by atoms with E-state index in [9.17, 15) is 8.42 Å². The number of alkyl halides is 1. The van der Waals surface area contributed by atoms with Crippen LogP contribution in [0.15, 0.2) is 35.2 Å². The van der Waals surface area contributed by atoms with Gasteiger partial charge in [0.05, 0.1) is 4.90 Å². The van der Waals surface area contributed by atoms with Crippen LogP contribution in [0.1, 0.15) is 20.3 Å². The Morgan fingerprint density at radius 3 is 2.29 bits per heavy atom. The number of hydrogen-bond donors (Lipinski definition) is 1. The van der Waals surface area contributed by atoms with E-state index >= 15 is 0 Å². The first-order valence-electron chi connectivity index (χ1n) is 5.60. The molecule has 0 amide bonds. The van der Waals surface area contributed by atoms with Gasteiger partial charge in [-0.15, -0.1) is 0 Å². The Morgan fingerprint density at radius 2 is 1.82 bits per heavy atom. The first kappa shape index (κ1) is 14.7. The number of benzene rings is 1. The van der Waals surface area contributed by atoms with Gasteiger partial charge in [0, 0.05) is 11.4 Å². The molecule has 0 fully saturated rings. The molecule has 0 radical (unpaired) electrons. The molecule has 0 spiro atoms. The summed E-state index contributed by atoms with van der Waals surface area (Å²) in [4.78, 5) is 0.320. The fourth-order valence-corrected chi connectivity index (χ4v) is 3.45. The van der Waals surface area contributed by atoms with Crippen LogP contribution in [-0.4, -0.2) is 19.8 Å². The van der Waals surface area contributed by atoms with Crippen LogP contribution in [0.3, 0.4) is 0 Å². The summed E-state index contributed by atoms with van der Waals surface area (Å²) >= 11 is 3.35. The zero-order valence-electron chi connectivity index (χ0n) is 10.1. The van der Waals surface area contributed by atoms with Crippen LogP contribution in [0.4, 0.5) is 0 Å². The molecule has 3 nitrogen and oxygen atoms in total. The fourth-order valence-electron chi connectivity index (χ4n) is 1.51. The summed E-state index contributed by atoms with van der Waals surface area (Å²) < 4.78 is 26.9. The molecule has 0 saturated heterocycles. The summed E-state index contributed by atoms with van der Waals surface area (Å²) in [7, 11) is -3.40. The van der Waals surface area contributed by atoms with E-state index in [1.807, 2.05) is 13.8 Å². The van der Waals surface area contributed by atoms with E-state index < -0.39 is 10.0 Å². The Morgan fingerprint density at radius 1 is 1.24 bits per heavy atom. The van der Waals surface area contributed by atoms with Gasteiger partial charge in [-0.2, -0.15) is 0 Å². The zero-order valence-corrected chi connectivity index (χ0v) is 12.5. The topological polar surface area (TPSA) is 46.2 Å².